The van der Waals surface area contributed by atoms with Crippen molar-refractivity contribution in [2.24, 2.45) is 0 Å². The van der Waals surface area contributed by atoms with E-state index in [4.69, 9.17) is 5.11 Å². The number of carboxylic acids is 1. The lowest BCUT2D eigenvalue weighted by molar-refractivity contribution is -0.136. The highest BCUT2D eigenvalue weighted by atomic mass is 32.2. The molecule has 1 aromatic carbocycles. The molecular weight excluding hydrogens is 248 g/mol. The summed E-state index contributed by atoms with van der Waals surface area (Å²) < 4.78 is 22.8. The third kappa shape index (κ3) is 3.24. The van der Waals surface area contributed by atoms with Crippen LogP contribution in [0.3, 0.4) is 0 Å². The standard InChI is InChI=1S/C10H12O4S2/c1-15-8-5-7(6-10(11)12)3-4-9(8)16(2,13)14/h3-5H,6H2,1-2H3,(H,11,12). The van der Waals surface area contributed by atoms with Crippen molar-refractivity contribution < 1.29 is 18.3 Å². The average molecular weight is 260 g/mol. The van der Waals surface area contributed by atoms with E-state index in [2.05, 4.69) is 0 Å². The van der Waals surface area contributed by atoms with Crippen LogP contribution in [-0.2, 0) is 21.1 Å². The van der Waals surface area contributed by atoms with E-state index in [1.165, 1.54) is 23.9 Å². The third-order valence-electron chi connectivity index (χ3n) is 1.98. The topological polar surface area (TPSA) is 71.4 Å². The summed E-state index contributed by atoms with van der Waals surface area (Å²) >= 11 is 1.29. The summed E-state index contributed by atoms with van der Waals surface area (Å²) in [5.41, 5.74) is 0.601. The Morgan fingerprint density at radius 1 is 1.44 bits per heavy atom. The second kappa shape index (κ2) is 4.88. The van der Waals surface area contributed by atoms with Crippen LogP contribution in [0.4, 0.5) is 0 Å². The molecule has 0 saturated heterocycles. The van der Waals surface area contributed by atoms with Crippen molar-refractivity contribution in [2.75, 3.05) is 12.5 Å². The second-order valence-electron chi connectivity index (χ2n) is 3.33. The van der Waals surface area contributed by atoms with Crippen LogP contribution in [-0.4, -0.2) is 32.0 Å². The van der Waals surface area contributed by atoms with Gasteiger partial charge in [-0.05, 0) is 24.0 Å². The van der Waals surface area contributed by atoms with Gasteiger partial charge >= 0.3 is 5.97 Å². The Morgan fingerprint density at radius 3 is 2.50 bits per heavy atom. The van der Waals surface area contributed by atoms with E-state index < -0.39 is 15.8 Å². The lowest BCUT2D eigenvalue weighted by Gasteiger charge is -2.07. The Labute approximate surface area is 98.6 Å². The number of rotatable bonds is 4. The molecule has 6 heteroatoms. The van der Waals surface area contributed by atoms with Gasteiger partial charge < -0.3 is 5.11 Å². The number of carbonyl (C=O) groups is 1. The molecule has 1 aromatic rings. The van der Waals surface area contributed by atoms with Gasteiger partial charge in [-0.2, -0.15) is 0 Å². The molecule has 4 nitrogen and oxygen atoms in total. The molecule has 16 heavy (non-hydrogen) atoms. The fourth-order valence-electron chi connectivity index (χ4n) is 1.30. The van der Waals surface area contributed by atoms with Gasteiger partial charge in [-0.15, -0.1) is 11.8 Å². The summed E-state index contributed by atoms with van der Waals surface area (Å²) in [5.74, 6) is -0.931. The summed E-state index contributed by atoms with van der Waals surface area (Å²) in [5, 5.41) is 8.63. The van der Waals surface area contributed by atoms with Crippen molar-refractivity contribution in [3.8, 4) is 0 Å². The maximum atomic E-state index is 11.4. The van der Waals surface area contributed by atoms with Crippen LogP contribution in [0, 0.1) is 0 Å². The van der Waals surface area contributed by atoms with Crippen LogP contribution >= 0.6 is 11.8 Å². The fraction of sp³-hybridized carbons (Fsp3) is 0.300. The van der Waals surface area contributed by atoms with Crippen LogP contribution in [0.15, 0.2) is 28.0 Å². The van der Waals surface area contributed by atoms with Gasteiger partial charge in [0, 0.05) is 11.2 Å². The van der Waals surface area contributed by atoms with E-state index in [0.29, 0.717) is 10.5 Å². The Hall–Kier alpha value is -1.01. The van der Waals surface area contributed by atoms with Gasteiger partial charge in [-0.1, -0.05) is 6.07 Å². The zero-order valence-electron chi connectivity index (χ0n) is 8.93. The van der Waals surface area contributed by atoms with Crippen LogP contribution in [0.5, 0.6) is 0 Å². The Kier molecular flexibility index (Phi) is 3.98. The van der Waals surface area contributed by atoms with Gasteiger partial charge in [0.25, 0.3) is 0 Å². The summed E-state index contributed by atoms with van der Waals surface area (Å²) in [6.07, 6.45) is 2.80. The highest BCUT2D eigenvalue weighted by Gasteiger charge is 2.13. The minimum absolute atomic E-state index is 0.0996. The monoisotopic (exact) mass is 260 g/mol. The van der Waals surface area contributed by atoms with E-state index >= 15 is 0 Å². The zero-order chi connectivity index (χ0) is 12.3. The van der Waals surface area contributed by atoms with Gasteiger partial charge in [0.2, 0.25) is 0 Å². The minimum Gasteiger partial charge on any atom is -0.481 e. The molecule has 0 radical (unpaired) electrons. The first kappa shape index (κ1) is 13.1. The SMILES string of the molecule is CSc1cc(CC(=O)O)ccc1S(C)(=O)=O. The van der Waals surface area contributed by atoms with Crippen LogP contribution < -0.4 is 0 Å². The molecule has 1 rings (SSSR count). The molecule has 0 atom stereocenters. The van der Waals surface area contributed by atoms with Gasteiger partial charge in [-0.3, -0.25) is 4.79 Å². The molecule has 0 spiro atoms. The van der Waals surface area contributed by atoms with E-state index in [1.54, 1.807) is 12.3 Å². The van der Waals surface area contributed by atoms with Crippen molar-refractivity contribution >= 4 is 27.6 Å². The van der Waals surface area contributed by atoms with Crippen LogP contribution in [0.25, 0.3) is 0 Å². The first-order chi connectivity index (χ1) is 7.34. The van der Waals surface area contributed by atoms with Gasteiger partial charge in [0.15, 0.2) is 9.84 Å². The molecule has 0 bridgehead atoms. The quantitative estimate of drug-likeness (QED) is 0.829. The van der Waals surface area contributed by atoms with Gasteiger partial charge in [0.05, 0.1) is 11.3 Å². The Morgan fingerprint density at radius 2 is 2.06 bits per heavy atom. The molecule has 0 unspecified atom stereocenters. The Balaban J connectivity index is 3.22. The molecule has 0 aliphatic heterocycles. The summed E-state index contributed by atoms with van der Waals surface area (Å²) in [4.78, 5) is 11.4. The highest BCUT2D eigenvalue weighted by Crippen LogP contribution is 2.26. The number of carboxylic acid groups (broad SMARTS) is 1. The van der Waals surface area contributed by atoms with Crippen molar-refractivity contribution in [1.82, 2.24) is 0 Å². The van der Waals surface area contributed by atoms with E-state index in [9.17, 15) is 13.2 Å². The number of benzene rings is 1. The van der Waals surface area contributed by atoms with E-state index in [0.717, 1.165) is 6.26 Å². The van der Waals surface area contributed by atoms with Gasteiger partial charge in [-0.25, -0.2) is 8.42 Å². The number of hydrogen-bond acceptors (Lipinski definition) is 4. The second-order valence-corrected chi connectivity index (χ2v) is 6.16. The molecule has 0 amide bonds. The van der Waals surface area contributed by atoms with Crippen molar-refractivity contribution in [2.45, 2.75) is 16.2 Å². The maximum absolute atomic E-state index is 11.4. The molecule has 88 valence electrons. The van der Waals surface area contributed by atoms with E-state index in [-0.39, 0.29) is 11.3 Å². The first-order valence-corrected chi connectivity index (χ1v) is 7.55. The summed E-state index contributed by atoms with van der Waals surface area (Å²) in [7, 11) is -3.26. The third-order valence-corrected chi connectivity index (χ3v) is 4.04. The van der Waals surface area contributed by atoms with Crippen LogP contribution in [0.1, 0.15) is 5.56 Å². The summed E-state index contributed by atoms with van der Waals surface area (Å²) in [6.45, 7) is 0. The zero-order valence-corrected chi connectivity index (χ0v) is 10.6. The average Bonchev–Trinajstić information content (AvgIpc) is 2.14. The molecule has 1 N–H and O–H groups in total. The number of thioether (sulfide) groups is 1. The van der Waals surface area contributed by atoms with E-state index in [1.807, 2.05) is 0 Å². The Bertz CT molecular complexity index is 506. The normalized spacial score (nSPS) is 11.4. The predicted octanol–water partition coefficient (Wildman–Crippen LogP) is 1.44. The lowest BCUT2D eigenvalue weighted by atomic mass is 10.1. The lowest BCUT2D eigenvalue weighted by Crippen LogP contribution is -2.03. The fourth-order valence-corrected chi connectivity index (χ4v) is 3.29. The highest BCUT2D eigenvalue weighted by molar-refractivity contribution is 7.99. The first-order valence-electron chi connectivity index (χ1n) is 4.43. The van der Waals surface area contributed by atoms with Gasteiger partial charge in [0.1, 0.15) is 0 Å². The molecule has 0 heterocycles. The molecule has 0 aliphatic rings. The van der Waals surface area contributed by atoms with Crippen molar-refractivity contribution in [3.63, 3.8) is 0 Å². The number of aliphatic carboxylic acids is 1. The molecular formula is C10H12O4S2. The smallest absolute Gasteiger partial charge is 0.307 e. The predicted molar refractivity (Wildman–Crippen MR) is 62.7 cm³/mol. The maximum Gasteiger partial charge on any atom is 0.307 e. The molecule has 0 aliphatic carbocycles. The van der Waals surface area contributed by atoms with Crippen LogP contribution in [0.2, 0.25) is 0 Å². The minimum atomic E-state index is -3.26. The largest absolute Gasteiger partial charge is 0.481 e. The van der Waals surface area contributed by atoms with Crippen molar-refractivity contribution in [1.29, 1.82) is 0 Å². The number of sulfone groups is 1. The summed E-state index contributed by atoms with van der Waals surface area (Å²) in [6, 6.07) is 4.60. The molecule has 0 saturated carbocycles. The van der Waals surface area contributed by atoms with Crippen molar-refractivity contribution in [3.05, 3.63) is 23.8 Å². The number of hydrogen-bond donors (Lipinski definition) is 1. The molecule has 0 fully saturated rings. The molecule has 0 aromatic heterocycles.